The molecule has 1 aliphatic rings. The quantitative estimate of drug-likeness (QED) is 0.178. The fourth-order valence-electron chi connectivity index (χ4n) is 6.26. The van der Waals surface area contributed by atoms with E-state index in [1.54, 1.807) is 20.8 Å². The summed E-state index contributed by atoms with van der Waals surface area (Å²) in [6.45, 7) is 6.44. The Bertz CT molecular complexity index is 1680. The number of halogens is 4. The molecule has 6 N–H and O–H groups in total. The molecule has 2 unspecified atom stereocenters. The first kappa shape index (κ1) is 35.6. The number of nitrogens with zero attached hydrogens (tertiary/aromatic N) is 1. The molecule has 0 spiro atoms. The van der Waals surface area contributed by atoms with Gasteiger partial charge in [0.2, 0.25) is 17.7 Å². The van der Waals surface area contributed by atoms with Gasteiger partial charge in [-0.3, -0.25) is 19.3 Å². The molecule has 5 atom stereocenters. The molecule has 0 saturated heterocycles. The lowest BCUT2D eigenvalue weighted by molar-refractivity contribution is -0.139. The van der Waals surface area contributed by atoms with Crippen LogP contribution in [0.3, 0.4) is 0 Å². The molecule has 1 aliphatic carbocycles. The number of aromatic nitrogens is 1. The van der Waals surface area contributed by atoms with E-state index in [0.29, 0.717) is 41.1 Å². The second-order valence-electron chi connectivity index (χ2n) is 12.4. The molecule has 0 saturated carbocycles. The van der Waals surface area contributed by atoms with Gasteiger partial charge in [-0.15, -0.1) is 0 Å². The largest absolute Gasteiger partial charge is 0.465 e. The number of nitrogens with one attached hydrogen (secondary N) is 3. The van der Waals surface area contributed by atoms with Crippen LogP contribution in [0.5, 0.6) is 0 Å². The fourth-order valence-corrected chi connectivity index (χ4v) is 6.51. The zero-order chi connectivity index (χ0) is 34.8. The highest BCUT2D eigenvalue weighted by Gasteiger charge is 2.47. The van der Waals surface area contributed by atoms with Gasteiger partial charge >= 0.3 is 6.09 Å². The van der Waals surface area contributed by atoms with Gasteiger partial charge in [0.05, 0.1) is 17.1 Å². The second-order valence-corrected chi connectivity index (χ2v) is 12.8. The number of hydrogen-bond donors (Lipinski definition) is 5. The number of H-pyrrole nitrogens is 1. The van der Waals surface area contributed by atoms with Crippen molar-refractivity contribution in [2.24, 2.45) is 17.6 Å². The summed E-state index contributed by atoms with van der Waals surface area (Å²) in [6, 6.07) is 2.54. The minimum absolute atomic E-state index is 0.0173. The van der Waals surface area contributed by atoms with Crippen LogP contribution in [0.25, 0.3) is 10.9 Å². The Morgan fingerprint density at radius 1 is 1.02 bits per heavy atom. The van der Waals surface area contributed by atoms with E-state index in [9.17, 15) is 37.5 Å². The highest BCUT2D eigenvalue weighted by atomic mass is 35.5. The summed E-state index contributed by atoms with van der Waals surface area (Å²) in [4.78, 5) is 57.5. The monoisotopic (exact) mass is 677 g/mol. The Morgan fingerprint density at radius 2 is 1.64 bits per heavy atom. The number of amides is 4. The third kappa shape index (κ3) is 7.50. The zero-order valence-corrected chi connectivity index (χ0v) is 27.3. The molecule has 3 aromatic rings. The lowest BCUT2D eigenvalue weighted by atomic mass is 9.78. The van der Waals surface area contributed by atoms with Crippen LogP contribution in [-0.4, -0.2) is 56.4 Å². The van der Waals surface area contributed by atoms with Gasteiger partial charge in [-0.05, 0) is 60.1 Å². The number of carbonyl (C=O) groups excluding carboxylic acids is 3. The third-order valence-corrected chi connectivity index (χ3v) is 9.51. The second kappa shape index (κ2) is 14.2. The molecular weight excluding hydrogens is 639 g/mol. The minimum atomic E-state index is -1.74. The molecule has 0 bridgehead atoms. The number of aromatic amines is 1. The van der Waals surface area contributed by atoms with Crippen molar-refractivity contribution in [3.8, 4) is 0 Å². The van der Waals surface area contributed by atoms with Gasteiger partial charge in [-0.25, -0.2) is 18.0 Å². The number of carbonyl (C=O) groups is 4. The van der Waals surface area contributed by atoms with Gasteiger partial charge in [0.15, 0.2) is 0 Å². The molecule has 0 radical (unpaired) electrons. The van der Waals surface area contributed by atoms with Crippen molar-refractivity contribution in [1.29, 1.82) is 0 Å². The number of primary amides is 1. The summed E-state index contributed by atoms with van der Waals surface area (Å²) >= 11 is 6.32. The summed E-state index contributed by atoms with van der Waals surface area (Å²) < 4.78 is 42.5. The van der Waals surface area contributed by atoms with E-state index in [1.807, 2.05) is 6.92 Å². The molecule has 14 heteroatoms. The maximum Gasteiger partial charge on any atom is 0.408 e. The Morgan fingerprint density at radius 3 is 2.21 bits per heavy atom. The molecule has 0 aliphatic heterocycles. The Balaban J connectivity index is 1.80. The first-order valence-corrected chi connectivity index (χ1v) is 15.8. The number of carboxylic acid groups (broad SMARTS) is 1. The van der Waals surface area contributed by atoms with Gasteiger partial charge in [0, 0.05) is 23.6 Å². The van der Waals surface area contributed by atoms with Crippen LogP contribution in [0.4, 0.5) is 18.0 Å². The predicted octanol–water partition coefficient (Wildman–Crippen LogP) is 5.19. The van der Waals surface area contributed by atoms with Gasteiger partial charge in [-0.2, -0.15) is 0 Å². The van der Waals surface area contributed by atoms with E-state index < -0.39 is 71.4 Å². The molecule has 47 heavy (non-hydrogen) atoms. The van der Waals surface area contributed by atoms with Crippen LogP contribution in [-0.2, 0) is 33.8 Å². The van der Waals surface area contributed by atoms with Gasteiger partial charge in [0.25, 0.3) is 0 Å². The van der Waals surface area contributed by atoms with Crippen LogP contribution < -0.4 is 16.4 Å². The number of benzene rings is 2. The smallest absolute Gasteiger partial charge is 0.408 e. The minimum Gasteiger partial charge on any atom is -0.465 e. The van der Waals surface area contributed by atoms with Crippen LogP contribution >= 0.6 is 11.6 Å². The van der Waals surface area contributed by atoms with E-state index in [1.165, 1.54) is 6.07 Å². The van der Waals surface area contributed by atoms with Crippen molar-refractivity contribution in [3.05, 3.63) is 69.6 Å². The van der Waals surface area contributed by atoms with Crippen LogP contribution in [0.1, 0.15) is 63.8 Å². The van der Waals surface area contributed by atoms with Crippen molar-refractivity contribution in [1.82, 2.24) is 20.5 Å². The number of fused-ring (bicyclic) bond motifs is 3. The van der Waals surface area contributed by atoms with Crippen molar-refractivity contribution >= 4 is 46.3 Å². The first-order valence-electron chi connectivity index (χ1n) is 15.5. The van der Waals surface area contributed by atoms with Crippen LogP contribution in [0, 0.1) is 29.3 Å². The molecule has 4 amide bonds. The normalized spacial score (nSPS) is 18.5. The zero-order valence-electron chi connectivity index (χ0n) is 26.6. The van der Waals surface area contributed by atoms with E-state index in [4.69, 9.17) is 17.3 Å². The number of hydrogen-bond acceptors (Lipinski definition) is 4. The summed E-state index contributed by atoms with van der Waals surface area (Å²) in [6.07, 6.45) is -0.610. The third-order valence-electron chi connectivity index (χ3n) is 9.21. The highest BCUT2D eigenvalue weighted by molar-refractivity contribution is 6.35. The summed E-state index contributed by atoms with van der Waals surface area (Å²) in [5.41, 5.74) is 5.55. The topological polar surface area (TPSA) is 158 Å². The summed E-state index contributed by atoms with van der Waals surface area (Å²) in [5.74, 6) is -5.73. The molecule has 254 valence electrons. The van der Waals surface area contributed by atoms with Crippen LogP contribution in [0.2, 0.25) is 5.02 Å². The number of aryl methyl sites for hydroxylation is 1. The SMILES string of the molecule is CCC(C)C(C(=O)N[C@]1(C(=O)N[C@H](C(N)=O)[C@@H](C)CC)CCc2[nH]c3c(Cl)cc(F)cc3c2C1)N(Cc1cc(F)cc(F)c1)C(=O)O. The van der Waals surface area contributed by atoms with Crippen molar-refractivity contribution in [2.45, 2.75) is 84.0 Å². The maximum atomic E-state index is 14.5. The van der Waals surface area contributed by atoms with Gasteiger partial charge < -0.3 is 26.5 Å². The van der Waals surface area contributed by atoms with E-state index in [2.05, 4.69) is 15.6 Å². The maximum absolute atomic E-state index is 14.5. The van der Waals surface area contributed by atoms with Crippen molar-refractivity contribution < 1.29 is 37.5 Å². The lowest BCUT2D eigenvalue weighted by Crippen LogP contribution is -2.67. The van der Waals surface area contributed by atoms with Crippen molar-refractivity contribution in [2.75, 3.05) is 0 Å². The molecule has 0 fully saturated rings. The summed E-state index contributed by atoms with van der Waals surface area (Å²) in [7, 11) is 0. The molecular formula is C33H39ClF3N5O5. The fraction of sp³-hybridized carbons (Fsp3) is 0.455. The molecule has 1 aromatic heterocycles. The molecule has 4 rings (SSSR count). The first-order chi connectivity index (χ1) is 22.1. The van der Waals surface area contributed by atoms with E-state index >= 15 is 0 Å². The molecule has 10 nitrogen and oxygen atoms in total. The lowest BCUT2D eigenvalue weighted by Gasteiger charge is -2.41. The Kier molecular flexibility index (Phi) is 10.8. The van der Waals surface area contributed by atoms with Gasteiger partial charge in [-0.1, -0.05) is 52.1 Å². The van der Waals surface area contributed by atoms with Crippen LogP contribution in [0.15, 0.2) is 30.3 Å². The highest BCUT2D eigenvalue weighted by Crippen LogP contribution is 2.38. The Labute approximate surface area is 275 Å². The number of nitrogens with two attached hydrogens (primary N) is 1. The van der Waals surface area contributed by atoms with Crippen molar-refractivity contribution in [3.63, 3.8) is 0 Å². The van der Waals surface area contributed by atoms with Gasteiger partial charge in [0.1, 0.15) is 35.1 Å². The van der Waals surface area contributed by atoms with E-state index in [0.717, 1.165) is 23.1 Å². The average molecular weight is 678 g/mol. The molecule has 2 aromatic carbocycles. The van der Waals surface area contributed by atoms with E-state index in [-0.39, 0.29) is 35.8 Å². The predicted molar refractivity (Wildman–Crippen MR) is 170 cm³/mol. The molecule has 1 heterocycles. The standard InChI is InChI=1S/C33H39ClF3N5O5/c1-5-16(3)26(29(38)43)40-31(45)33(8-7-25-23(14-33)22-12-21(37)13-24(34)27(22)39-25)41-30(44)28(17(4)6-2)42(32(46)47)15-18-9-19(35)11-20(36)10-18/h9-13,16-17,26,28,39H,5-8,14-15H2,1-4H3,(H2,38,43)(H,40,45)(H,41,44)(H,46,47)/t16-,17?,26-,28?,33+/m0/s1. The summed E-state index contributed by atoms with van der Waals surface area (Å²) in [5, 5.41) is 16.3. The average Bonchev–Trinajstić information content (AvgIpc) is 3.35. The number of rotatable bonds is 12. The Hall–Kier alpha value is -4.26.